The van der Waals surface area contributed by atoms with Crippen LogP contribution in [0.1, 0.15) is 23.0 Å². The lowest BCUT2D eigenvalue weighted by atomic mass is 10.2. The fourth-order valence-corrected chi connectivity index (χ4v) is 2.33. The van der Waals surface area contributed by atoms with E-state index in [0.717, 1.165) is 5.56 Å². The Labute approximate surface area is 156 Å². The van der Waals surface area contributed by atoms with Crippen molar-refractivity contribution in [3.05, 3.63) is 72.3 Å². The summed E-state index contributed by atoms with van der Waals surface area (Å²) in [6.45, 7) is 1.94. The maximum atomic E-state index is 12.4. The van der Waals surface area contributed by atoms with E-state index in [1.165, 1.54) is 19.2 Å². The number of nitrogens with one attached hydrogen (secondary N) is 3. The van der Waals surface area contributed by atoms with Gasteiger partial charge in [-0.1, -0.05) is 6.07 Å². The molecule has 1 aromatic carbocycles. The van der Waals surface area contributed by atoms with Crippen LogP contribution in [-0.4, -0.2) is 26.8 Å². The molecule has 27 heavy (non-hydrogen) atoms. The van der Waals surface area contributed by atoms with Crippen molar-refractivity contribution in [2.24, 2.45) is 0 Å². The fraction of sp³-hybridized carbons (Fsp3) is 0.105. The minimum Gasteiger partial charge on any atom is -0.350 e. The maximum Gasteiger partial charge on any atom is 0.274 e. The highest BCUT2D eigenvalue weighted by molar-refractivity contribution is 6.03. The monoisotopic (exact) mass is 362 g/mol. The number of nitrogens with zero attached hydrogens (tertiary/aromatic N) is 3. The van der Waals surface area contributed by atoms with Crippen LogP contribution in [-0.2, 0) is 11.3 Å². The lowest BCUT2D eigenvalue weighted by molar-refractivity contribution is -0.114. The van der Waals surface area contributed by atoms with Crippen molar-refractivity contribution < 1.29 is 9.59 Å². The molecule has 3 aromatic rings. The van der Waals surface area contributed by atoms with Gasteiger partial charge in [0.25, 0.3) is 5.91 Å². The zero-order chi connectivity index (χ0) is 19.1. The summed E-state index contributed by atoms with van der Waals surface area (Å²) < 4.78 is 0. The first-order valence-corrected chi connectivity index (χ1v) is 8.25. The first-order valence-electron chi connectivity index (χ1n) is 8.25. The molecule has 8 heteroatoms. The van der Waals surface area contributed by atoms with Crippen molar-refractivity contribution in [3.63, 3.8) is 0 Å². The van der Waals surface area contributed by atoms with E-state index in [0.29, 0.717) is 23.9 Å². The first-order chi connectivity index (χ1) is 13.1. The predicted octanol–water partition coefficient (Wildman–Crippen LogP) is 2.69. The smallest absolute Gasteiger partial charge is 0.274 e. The van der Waals surface area contributed by atoms with Gasteiger partial charge >= 0.3 is 0 Å². The zero-order valence-corrected chi connectivity index (χ0v) is 14.6. The standard InChI is InChI=1S/C19H18N6O2/c1-13(26)23-15-3-2-4-16(11-15)24-18(27)17-7-10-21-19(25-17)22-12-14-5-8-20-9-6-14/h2-11H,12H2,1H3,(H,23,26)(H,24,27)(H,21,22,25). The van der Waals surface area contributed by atoms with Gasteiger partial charge in [-0.3, -0.25) is 14.6 Å². The third kappa shape index (κ3) is 5.33. The van der Waals surface area contributed by atoms with Crippen LogP contribution in [0.15, 0.2) is 61.1 Å². The van der Waals surface area contributed by atoms with Crippen molar-refractivity contribution in [2.75, 3.05) is 16.0 Å². The van der Waals surface area contributed by atoms with Gasteiger partial charge < -0.3 is 16.0 Å². The molecule has 2 heterocycles. The molecule has 0 atom stereocenters. The van der Waals surface area contributed by atoms with E-state index in [4.69, 9.17) is 0 Å². The molecule has 0 aliphatic heterocycles. The van der Waals surface area contributed by atoms with Crippen LogP contribution in [0.3, 0.4) is 0 Å². The van der Waals surface area contributed by atoms with E-state index in [-0.39, 0.29) is 17.5 Å². The lowest BCUT2D eigenvalue weighted by Crippen LogP contribution is -2.15. The topological polar surface area (TPSA) is 109 Å². The van der Waals surface area contributed by atoms with Crippen molar-refractivity contribution in [2.45, 2.75) is 13.5 Å². The van der Waals surface area contributed by atoms with Gasteiger partial charge in [-0.2, -0.15) is 0 Å². The second-order valence-electron chi connectivity index (χ2n) is 5.69. The highest BCUT2D eigenvalue weighted by atomic mass is 16.2. The number of amides is 2. The van der Waals surface area contributed by atoms with E-state index in [1.807, 2.05) is 12.1 Å². The Morgan fingerprint density at radius 1 is 0.963 bits per heavy atom. The number of hydrogen-bond acceptors (Lipinski definition) is 6. The molecule has 0 saturated heterocycles. The van der Waals surface area contributed by atoms with Gasteiger partial charge in [0.15, 0.2) is 0 Å². The van der Waals surface area contributed by atoms with Gasteiger partial charge in [0.2, 0.25) is 11.9 Å². The predicted molar refractivity (Wildman–Crippen MR) is 102 cm³/mol. The van der Waals surface area contributed by atoms with E-state index < -0.39 is 0 Å². The van der Waals surface area contributed by atoms with Crippen LogP contribution in [0.25, 0.3) is 0 Å². The second-order valence-corrected chi connectivity index (χ2v) is 5.69. The summed E-state index contributed by atoms with van der Waals surface area (Å²) >= 11 is 0. The van der Waals surface area contributed by atoms with Gasteiger partial charge in [-0.15, -0.1) is 0 Å². The molecule has 0 spiro atoms. The molecular weight excluding hydrogens is 344 g/mol. The quantitative estimate of drug-likeness (QED) is 0.622. The lowest BCUT2D eigenvalue weighted by Gasteiger charge is -2.09. The van der Waals surface area contributed by atoms with E-state index in [2.05, 4.69) is 30.9 Å². The molecule has 2 amide bonds. The molecule has 2 aromatic heterocycles. The normalized spacial score (nSPS) is 10.1. The number of aromatic nitrogens is 3. The average Bonchev–Trinajstić information content (AvgIpc) is 2.67. The van der Waals surface area contributed by atoms with E-state index in [1.54, 1.807) is 36.7 Å². The van der Waals surface area contributed by atoms with Gasteiger partial charge in [0, 0.05) is 43.4 Å². The van der Waals surface area contributed by atoms with Crippen LogP contribution >= 0.6 is 0 Å². The van der Waals surface area contributed by atoms with Crippen LogP contribution in [0, 0.1) is 0 Å². The Morgan fingerprint density at radius 3 is 2.44 bits per heavy atom. The molecule has 3 N–H and O–H groups in total. The third-order valence-corrected chi connectivity index (χ3v) is 3.53. The highest BCUT2D eigenvalue weighted by Crippen LogP contribution is 2.16. The molecule has 136 valence electrons. The Bertz CT molecular complexity index is 946. The van der Waals surface area contributed by atoms with Crippen LogP contribution in [0.2, 0.25) is 0 Å². The maximum absolute atomic E-state index is 12.4. The number of hydrogen-bond donors (Lipinski definition) is 3. The summed E-state index contributed by atoms with van der Waals surface area (Å²) in [4.78, 5) is 35.9. The number of pyridine rings is 1. The molecule has 0 aliphatic rings. The van der Waals surface area contributed by atoms with Crippen molar-refractivity contribution in [3.8, 4) is 0 Å². The van der Waals surface area contributed by atoms with Crippen molar-refractivity contribution in [1.29, 1.82) is 0 Å². The second kappa shape index (κ2) is 8.52. The minimum absolute atomic E-state index is 0.181. The number of rotatable bonds is 6. The van der Waals surface area contributed by atoms with E-state index >= 15 is 0 Å². The van der Waals surface area contributed by atoms with Crippen LogP contribution in [0.4, 0.5) is 17.3 Å². The van der Waals surface area contributed by atoms with E-state index in [9.17, 15) is 9.59 Å². The molecule has 0 radical (unpaired) electrons. The molecule has 0 aliphatic carbocycles. The SMILES string of the molecule is CC(=O)Nc1cccc(NC(=O)c2ccnc(NCc3ccncc3)n2)c1. The average molecular weight is 362 g/mol. The van der Waals surface area contributed by atoms with Crippen LogP contribution in [0.5, 0.6) is 0 Å². The summed E-state index contributed by atoms with van der Waals surface area (Å²) in [6.07, 6.45) is 4.93. The Morgan fingerprint density at radius 2 is 1.70 bits per heavy atom. The van der Waals surface area contributed by atoms with Gasteiger partial charge in [-0.05, 0) is 42.0 Å². The summed E-state index contributed by atoms with van der Waals surface area (Å²) in [6, 6.07) is 12.2. The number of anilines is 3. The number of carbonyl (C=O) groups is 2. The van der Waals surface area contributed by atoms with Gasteiger partial charge in [0.05, 0.1) is 0 Å². The summed E-state index contributed by atoms with van der Waals surface area (Å²) in [5.41, 5.74) is 2.41. The molecular formula is C19H18N6O2. The summed E-state index contributed by atoms with van der Waals surface area (Å²) in [5.74, 6) is -0.199. The van der Waals surface area contributed by atoms with Gasteiger partial charge in [-0.25, -0.2) is 9.97 Å². The Hall–Kier alpha value is -3.81. The summed E-state index contributed by atoms with van der Waals surface area (Å²) in [7, 11) is 0. The Balaban J connectivity index is 1.65. The molecule has 0 bridgehead atoms. The molecule has 3 rings (SSSR count). The number of carbonyl (C=O) groups excluding carboxylic acids is 2. The minimum atomic E-state index is -0.371. The fourth-order valence-electron chi connectivity index (χ4n) is 2.33. The number of benzene rings is 1. The molecule has 8 nitrogen and oxygen atoms in total. The molecule has 0 fully saturated rings. The summed E-state index contributed by atoms with van der Waals surface area (Å²) in [5, 5.41) is 8.50. The van der Waals surface area contributed by atoms with Crippen LogP contribution < -0.4 is 16.0 Å². The largest absolute Gasteiger partial charge is 0.350 e. The first kappa shape index (κ1) is 18.0. The van der Waals surface area contributed by atoms with Crippen molar-refractivity contribution in [1.82, 2.24) is 15.0 Å². The Kier molecular flexibility index (Phi) is 5.68. The zero-order valence-electron chi connectivity index (χ0n) is 14.6. The molecule has 0 saturated carbocycles. The molecule has 0 unspecified atom stereocenters. The van der Waals surface area contributed by atoms with Gasteiger partial charge in [0.1, 0.15) is 5.69 Å². The third-order valence-electron chi connectivity index (χ3n) is 3.53. The van der Waals surface area contributed by atoms with Crippen molar-refractivity contribution >= 4 is 29.1 Å². The highest BCUT2D eigenvalue weighted by Gasteiger charge is 2.10.